The highest BCUT2D eigenvalue weighted by atomic mass is 16.5. The Kier molecular flexibility index (Phi) is 5.13. The van der Waals surface area contributed by atoms with E-state index < -0.39 is 6.04 Å². The molecule has 0 spiro atoms. The number of hydrogen-bond acceptors (Lipinski definition) is 5. The van der Waals surface area contributed by atoms with Crippen molar-refractivity contribution in [1.82, 2.24) is 15.2 Å². The first-order valence-electron chi connectivity index (χ1n) is 8.12. The molecule has 1 aromatic heterocycles. The van der Waals surface area contributed by atoms with E-state index >= 15 is 0 Å². The SMILES string of the molecule is C[C@@H](Nc1cccc(OCc2ccccn2)c1)C(=O)N1CCNC1=O. The molecule has 0 bridgehead atoms. The summed E-state index contributed by atoms with van der Waals surface area (Å²) in [5.74, 6) is 0.420. The van der Waals surface area contributed by atoms with Crippen molar-refractivity contribution in [2.24, 2.45) is 0 Å². The van der Waals surface area contributed by atoms with Gasteiger partial charge in [-0.05, 0) is 31.2 Å². The molecule has 1 aliphatic rings. The maximum Gasteiger partial charge on any atom is 0.324 e. The van der Waals surface area contributed by atoms with Gasteiger partial charge in [0.25, 0.3) is 5.91 Å². The van der Waals surface area contributed by atoms with Crippen LogP contribution in [0.3, 0.4) is 0 Å². The average Bonchev–Trinajstić information content (AvgIpc) is 3.06. The van der Waals surface area contributed by atoms with Crippen LogP contribution in [0.5, 0.6) is 5.75 Å². The number of amides is 3. The van der Waals surface area contributed by atoms with Crippen molar-refractivity contribution >= 4 is 17.6 Å². The first-order chi connectivity index (χ1) is 12.1. The number of nitrogens with zero attached hydrogens (tertiary/aromatic N) is 2. The van der Waals surface area contributed by atoms with Crippen LogP contribution in [0.1, 0.15) is 12.6 Å². The highest BCUT2D eigenvalue weighted by molar-refractivity contribution is 5.99. The summed E-state index contributed by atoms with van der Waals surface area (Å²) in [6.45, 7) is 2.99. The minimum absolute atomic E-state index is 0.255. The van der Waals surface area contributed by atoms with Crippen LogP contribution >= 0.6 is 0 Å². The Balaban J connectivity index is 1.59. The van der Waals surface area contributed by atoms with Crippen LogP contribution in [-0.4, -0.2) is 41.0 Å². The van der Waals surface area contributed by atoms with Crippen LogP contribution < -0.4 is 15.4 Å². The van der Waals surface area contributed by atoms with Crippen molar-refractivity contribution in [2.75, 3.05) is 18.4 Å². The predicted octanol–water partition coefficient (Wildman–Crippen LogP) is 2.01. The first-order valence-corrected chi connectivity index (χ1v) is 8.12. The van der Waals surface area contributed by atoms with E-state index in [1.165, 1.54) is 4.90 Å². The van der Waals surface area contributed by atoms with E-state index in [0.29, 0.717) is 25.4 Å². The summed E-state index contributed by atoms with van der Waals surface area (Å²) in [6, 6.07) is 12.1. The number of carbonyl (C=O) groups is 2. The van der Waals surface area contributed by atoms with Crippen molar-refractivity contribution in [1.29, 1.82) is 0 Å². The van der Waals surface area contributed by atoms with Crippen LogP contribution in [0.4, 0.5) is 10.5 Å². The highest BCUT2D eigenvalue weighted by Crippen LogP contribution is 2.19. The molecule has 1 aliphatic heterocycles. The standard InChI is InChI=1S/C18H20N4O3/c1-13(17(23)22-10-9-20-18(22)24)21-14-6-4-7-16(11-14)25-12-15-5-2-3-8-19-15/h2-8,11,13,21H,9-10,12H2,1H3,(H,20,24)/t13-/m1/s1. The third kappa shape index (κ3) is 4.26. The van der Waals surface area contributed by atoms with Crippen LogP contribution in [0.25, 0.3) is 0 Å². The first kappa shape index (κ1) is 16.8. The maximum atomic E-state index is 12.3. The molecule has 2 N–H and O–H groups in total. The second kappa shape index (κ2) is 7.65. The fourth-order valence-corrected chi connectivity index (χ4v) is 2.54. The number of rotatable bonds is 6. The third-order valence-electron chi connectivity index (χ3n) is 3.82. The molecular weight excluding hydrogens is 320 g/mol. The molecule has 2 aromatic rings. The molecule has 3 rings (SSSR count). The molecule has 0 aliphatic carbocycles. The van der Waals surface area contributed by atoms with Gasteiger partial charge in [-0.2, -0.15) is 0 Å². The third-order valence-corrected chi connectivity index (χ3v) is 3.82. The lowest BCUT2D eigenvalue weighted by Crippen LogP contribution is -2.43. The molecule has 3 amide bonds. The van der Waals surface area contributed by atoms with Crippen molar-refractivity contribution in [3.8, 4) is 5.75 Å². The number of pyridine rings is 1. The number of urea groups is 1. The molecule has 1 fully saturated rings. The monoisotopic (exact) mass is 340 g/mol. The molecule has 7 heteroatoms. The lowest BCUT2D eigenvalue weighted by molar-refractivity contribution is -0.128. The molecule has 25 heavy (non-hydrogen) atoms. The number of imide groups is 1. The van der Waals surface area contributed by atoms with Crippen molar-refractivity contribution in [3.63, 3.8) is 0 Å². The van der Waals surface area contributed by atoms with Gasteiger partial charge in [0.2, 0.25) is 0 Å². The Morgan fingerprint density at radius 1 is 1.36 bits per heavy atom. The second-order valence-corrected chi connectivity index (χ2v) is 5.73. The van der Waals surface area contributed by atoms with Gasteiger partial charge in [-0.1, -0.05) is 12.1 Å². The zero-order chi connectivity index (χ0) is 17.6. The fraction of sp³-hybridized carbons (Fsp3) is 0.278. The predicted molar refractivity (Wildman–Crippen MR) is 93.2 cm³/mol. The van der Waals surface area contributed by atoms with Crippen LogP contribution in [0.15, 0.2) is 48.7 Å². The van der Waals surface area contributed by atoms with E-state index in [4.69, 9.17) is 4.74 Å². The smallest absolute Gasteiger partial charge is 0.324 e. The summed E-state index contributed by atoms with van der Waals surface area (Å²) in [6.07, 6.45) is 1.72. The molecule has 1 saturated heterocycles. The van der Waals surface area contributed by atoms with E-state index in [0.717, 1.165) is 11.4 Å². The second-order valence-electron chi connectivity index (χ2n) is 5.73. The Labute approximate surface area is 146 Å². The van der Waals surface area contributed by atoms with E-state index in [1.54, 1.807) is 13.1 Å². The zero-order valence-corrected chi connectivity index (χ0v) is 13.9. The topological polar surface area (TPSA) is 83.6 Å². The largest absolute Gasteiger partial charge is 0.487 e. The molecule has 130 valence electrons. The summed E-state index contributed by atoms with van der Waals surface area (Å²) in [5, 5.41) is 5.73. The maximum absolute atomic E-state index is 12.3. The van der Waals surface area contributed by atoms with Crippen molar-refractivity contribution < 1.29 is 14.3 Å². The van der Waals surface area contributed by atoms with E-state index in [1.807, 2.05) is 42.5 Å². The lowest BCUT2D eigenvalue weighted by Gasteiger charge is -2.20. The van der Waals surface area contributed by atoms with Gasteiger partial charge in [0, 0.05) is 31.0 Å². The van der Waals surface area contributed by atoms with Crippen molar-refractivity contribution in [3.05, 3.63) is 54.4 Å². The number of ether oxygens (including phenoxy) is 1. The van der Waals surface area contributed by atoms with Crippen LogP contribution in [0.2, 0.25) is 0 Å². The summed E-state index contributed by atoms with van der Waals surface area (Å²) in [7, 11) is 0. The van der Waals surface area contributed by atoms with Gasteiger partial charge in [0.1, 0.15) is 18.4 Å². The lowest BCUT2D eigenvalue weighted by atomic mass is 10.2. The van der Waals surface area contributed by atoms with Gasteiger partial charge in [-0.25, -0.2) is 4.79 Å². The van der Waals surface area contributed by atoms with Gasteiger partial charge < -0.3 is 15.4 Å². The molecule has 1 aromatic carbocycles. The summed E-state index contributed by atoms with van der Waals surface area (Å²) in [4.78, 5) is 29.3. The van der Waals surface area contributed by atoms with Gasteiger partial charge in [0.15, 0.2) is 0 Å². The van der Waals surface area contributed by atoms with Crippen molar-refractivity contribution in [2.45, 2.75) is 19.6 Å². The Hall–Kier alpha value is -3.09. The quantitative estimate of drug-likeness (QED) is 0.840. The molecule has 1 atom stereocenters. The number of carbonyl (C=O) groups excluding carboxylic acids is 2. The normalized spacial score (nSPS) is 14.8. The molecule has 0 unspecified atom stereocenters. The van der Waals surface area contributed by atoms with Gasteiger partial charge in [-0.15, -0.1) is 0 Å². The zero-order valence-electron chi connectivity index (χ0n) is 13.9. The Bertz CT molecular complexity index is 751. The van der Waals surface area contributed by atoms with E-state index in [-0.39, 0.29) is 11.9 Å². The Morgan fingerprint density at radius 3 is 2.96 bits per heavy atom. The number of anilines is 1. The number of nitrogens with one attached hydrogen (secondary N) is 2. The summed E-state index contributed by atoms with van der Waals surface area (Å²) >= 11 is 0. The van der Waals surface area contributed by atoms with Crippen LogP contribution in [-0.2, 0) is 11.4 Å². The molecule has 0 saturated carbocycles. The minimum Gasteiger partial charge on any atom is -0.487 e. The van der Waals surface area contributed by atoms with E-state index in [2.05, 4.69) is 15.6 Å². The average molecular weight is 340 g/mol. The number of benzene rings is 1. The fourth-order valence-electron chi connectivity index (χ4n) is 2.54. The molecule has 2 heterocycles. The van der Waals surface area contributed by atoms with E-state index in [9.17, 15) is 9.59 Å². The van der Waals surface area contributed by atoms with Gasteiger partial charge in [-0.3, -0.25) is 14.7 Å². The van der Waals surface area contributed by atoms with Crippen LogP contribution in [0, 0.1) is 0 Å². The van der Waals surface area contributed by atoms with Gasteiger partial charge >= 0.3 is 6.03 Å². The summed E-state index contributed by atoms with van der Waals surface area (Å²) in [5.41, 5.74) is 1.59. The minimum atomic E-state index is -0.519. The highest BCUT2D eigenvalue weighted by Gasteiger charge is 2.29. The number of hydrogen-bond donors (Lipinski definition) is 2. The molecule has 7 nitrogen and oxygen atoms in total. The number of aromatic nitrogens is 1. The molecular formula is C18H20N4O3. The summed E-state index contributed by atoms with van der Waals surface area (Å²) < 4.78 is 5.73. The Morgan fingerprint density at radius 2 is 2.24 bits per heavy atom. The molecule has 0 radical (unpaired) electrons. The van der Waals surface area contributed by atoms with Gasteiger partial charge in [0.05, 0.1) is 5.69 Å².